The SMILES string of the molecule is COCC(O)CN1CC(C)CN(C)C(C)(C)CC(C)C1. The molecule has 1 aliphatic heterocycles. The number of ether oxygens (including phenoxy) is 1. The van der Waals surface area contributed by atoms with Crippen LogP contribution in [0.2, 0.25) is 0 Å². The van der Waals surface area contributed by atoms with E-state index in [1.165, 1.54) is 6.42 Å². The van der Waals surface area contributed by atoms with Gasteiger partial charge in [-0.25, -0.2) is 0 Å². The molecule has 0 aromatic carbocycles. The molecule has 1 saturated heterocycles. The molecule has 0 spiro atoms. The quantitative estimate of drug-likeness (QED) is 0.853. The molecule has 0 amide bonds. The van der Waals surface area contributed by atoms with Gasteiger partial charge in [-0.3, -0.25) is 0 Å². The fourth-order valence-electron chi connectivity index (χ4n) is 3.49. The van der Waals surface area contributed by atoms with E-state index in [0.717, 1.165) is 19.6 Å². The van der Waals surface area contributed by atoms with Crippen molar-refractivity contribution in [3.8, 4) is 0 Å². The Bertz CT molecular complexity index is 284. The number of rotatable bonds is 4. The van der Waals surface area contributed by atoms with Crippen LogP contribution in [0.5, 0.6) is 0 Å². The second-order valence-electron chi connectivity index (χ2n) is 7.44. The van der Waals surface area contributed by atoms with E-state index in [1.807, 2.05) is 0 Å². The highest BCUT2D eigenvalue weighted by atomic mass is 16.5. The van der Waals surface area contributed by atoms with E-state index < -0.39 is 0 Å². The van der Waals surface area contributed by atoms with Gasteiger partial charge in [0, 0.05) is 38.8 Å². The van der Waals surface area contributed by atoms with Crippen molar-refractivity contribution in [2.75, 3.05) is 46.9 Å². The molecule has 0 saturated carbocycles. The van der Waals surface area contributed by atoms with Crippen molar-refractivity contribution < 1.29 is 9.84 Å². The number of aliphatic hydroxyl groups excluding tert-OH is 1. The van der Waals surface area contributed by atoms with Crippen molar-refractivity contribution in [3.63, 3.8) is 0 Å². The van der Waals surface area contributed by atoms with Gasteiger partial charge in [0.25, 0.3) is 0 Å². The second kappa shape index (κ2) is 7.74. The van der Waals surface area contributed by atoms with Crippen molar-refractivity contribution >= 4 is 0 Å². The summed E-state index contributed by atoms with van der Waals surface area (Å²) >= 11 is 0. The van der Waals surface area contributed by atoms with Crippen LogP contribution in [0.15, 0.2) is 0 Å². The van der Waals surface area contributed by atoms with Crippen LogP contribution >= 0.6 is 0 Å². The number of nitrogens with zero attached hydrogens (tertiary/aromatic N) is 2. The zero-order valence-electron chi connectivity index (χ0n) is 14.2. The van der Waals surface area contributed by atoms with Crippen LogP contribution in [0.4, 0.5) is 0 Å². The lowest BCUT2D eigenvalue weighted by Gasteiger charge is -2.37. The second-order valence-corrected chi connectivity index (χ2v) is 7.44. The highest BCUT2D eigenvalue weighted by molar-refractivity contribution is 4.86. The molecule has 0 bridgehead atoms. The molecule has 0 aromatic heterocycles. The van der Waals surface area contributed by atoms with Crippen molar-refractivity contribution in [3.05, 3.63) is 0 Å². The first-order valence-electron chi connectivity index (χ1n) is 7.85. The number of hydrogen-bond acceptors (Lipinski definition) is 4. The number of hydrogen-bond donors (Lipinski definition) is 1. The summed E-state index contributed by atoms with van der Waals surface area (Å²) in [6, 6.07) is 0. The van der Waals surface area contributed by atoms with Gasteiger partial charge < -0.3 is 19.6 Å². The zero-order chi connectivity index (χ0) is 15.3. The minimum absolute atomic E-state index is 0.245. The predicted molar refractivity (Wildman–Crippen MR) is 84.0 cm³/mol. The van der Waals surface area contributed by atoms with Gasteiger partial charge in [0.05, 0.1) is 12.7 Å². The van der Waals surface area contributed by atoms with Crippen molar-refractivity contribution in [2.45, 2.75) is 45.8 Å². The van der Waals surface area contributed by atoms with Gasteiger partial charge in [-0.05, 0) is 39.2 Å². The molecule has 1 heterocycles. The van der Waals surface area contributed by atoms with Gasteiger partial charge in [0.15, 0.2) is 0 Å². The molecule has 0 aliphatic carbocycles. The van der Waals surface area contributed by atoms with Crippen LogP contribution in [0.3, 0.4) is 0 Å². The first-order chi connectivity index (χ1) is 9.24. The first kappa shape index (κ1) is 17.9. The maximum Gasteiger partial charge on any atom is 0.0900 e. The lowest BCUT2D eigenvalue weighted by atomic mass is 9.90. The molecule has 1 rings (SSSR count). The van der Waals surface area contributed by atoms with Gasteiger partial charge in [0.2, 0.25) is 0 Å². The van der Waals surface area contributed by atoms with Gasteiger partial charge in [-0.1, -0.05) is 13.8 Å². The number of β-amino-alcohol motifs (C(OH)–C–C–N with tert-alkyl or cyclic N) is 1. The van der Waals surface area contributed by atoms with Crippen LogP contribution in [0.25, 0.3) is 0 Å². The average Bonchev–Trinajstić information content (AvgIpc) is 2.29. The standard InChI is InChI=1S/C16H34N2O2/c1-13-7-16(3,4)17(5)8-14(2)10-18(9-13)11-15(19)12-20-6/h13-15,19H,7-12H2,1-6H3. The van der Waals surface area contributed by atoms with E-state index in [1.54, 1.807) is 7.11 Å². The molecule has 4 heteroatoms. The Kier molecular flexibility index (Phi) is 6.92. The van der Waals surface area contributed by atoms with Crippen LogP contribution in [0.1, 0.15) is 34.1 Å². The molecule has 0 radical (unpaired) electrons. The van der Waals surface area contributed by atoms with Crippen LogP contribution in [-0.2, 0) is 4.74 Å². The Morgan fingerprint density at radius 1 is 1.20 bits per heavy atom. The maximum atomic E-state index is 9.98. The van der Waals surface area contributed by atoms with E-state index in [-0.39, 0.29) is 11.6 Å². The highest BCUT2D eigenvalue weighted by Crippen LogP contribution is 2.26. The van der Waals surface area contributed by atoms with E-state index in [4.69, 9.17) is 4.74 Å². The van der Waals surface area contributed by atoms with Crippen LogP contribution in [-0.4, -0.2) is 73.5 Å². The molecule has 3 unspecified atom stereocenters. The average molecular weight is 286 g/mol. The summed E-state index contributed by atoms with van der Waals surface area (Å²) in [6.07, 6.45) is 0.804. The molecule has 1 N–H and O–H groups in total. The number of methoxy groups -OCH3 is 1. The Morgan fingerprint density at radius 2 is 1.80 bits per heavy atom. The maximum absolute atomic E-state index is 9.98. The van der Waals surface area contributed by atoms with Crippen molar-refractivity contribution in [2.24, 2.45) is 11.8 Å². The van der Waals surface area contributed by atoms with Gasteiger partial charge in [0.1, 0.15) is 0 Å². The molecule has 4 nitrogen and oxygen atoms in total. The Labute approximate surface area is 125 Å². The molecule has 1 fully saturated rings. The lowest BCUT2D eigenvalue weighted by molar-refractivity contribution is 0.0316. The molecular weight excluding hydrogens is 252 g/mol. The predicted octanol–water partition coefficient (Wildman–Crippen LogP) is 1.68. The fraction of sp³-hybridized carbons (Fsp3) is 1.00. The minimum atomic E-state index is -0.383. The Balaban J connectivity index is 2.70. The summed E-state index contributed by atoms with van der Waals surface area (Å²) in [6.45, 7) is 13.7. The smallest absolute Gasteiger partial charge is 0.0900 e. The van der Waals surface area contributed by atoms with E-state index >= 15 is 0 Å². The van der Waals surface area contributed by atoms with Gasteiger partial charge in [-0.15, -0.1) is 0 Å². The summed E-state index contributed by atoms with van der Waals surface area (Å²) in [4.78, 5) is 4.90. The summed E-state index contributed by atoms with van der Waals surface area (Å²) in [5.74, 6) is 1.24. The monoisotopic (exact) mass is 286 g/mol. The van der Waals surface area contributed by atoms with Crippen molar-refractivity contribution in [1.82, 2.24) is 9.80 Å². The number of aliphatic hydroxyl groups is 1. The molecule has 120 valence electrons. The highest BCUT2D eigenvalue weighted by Gasteiger charge is 2.30. The van der Waals surface area contributed by atoms with E-state index in [2.05, 4.69) is 44.5 Å². The molecular formula is C16H34N2O2. The van der Waals surface area contributed by atoms with Crippen LogP contribution < -0.4 is 0 Å². The Hall–Kier alpha value is -0.160. The van der Waals surface area contributed by atoms with Crippen molar-refractivity contribution in [1.29, 1.82) is 0 Å². The molecule has 3 atom stereocenters. The van der Waals surface area contributed by atoms with Gasteiger partial charge >= 0.3 is 0 Å². The topological polar surface area (TPSA) is 35.9 Å². The van der Waals surface area contributed by atoms with E-state index in [0.29, 0.717) is 25.0 Å². The molecule has 0 aromatic rings. The van der Waals surface area contributed by atoms with Gasteiger partial charge in [-0.2, -0.15) is 0 Å². The summed E-state index contributed by atoms with van der Waals surface area (Å²) in [5, 5.41) is 9.98. The summed E-state index contributed by atoms with van der Waals surface area (Å²) in [5.41, 5.74) is 0.245. The minimum Gasteiger partial charge on any atom is -0.389 e. The zero-order valence-corrected chi connectivity index (χ0v) is 14.2. The normalized spacial score (nSPS) is 31.4. The Morgan fingerprint density at radius 3 is 2.40 bits per heavy atom. The first-order valence-corrected chi connectivity index (χ1v) is 7.85. The summed E-state index contributed by atoms with van der Waals surface area (Å²) in [7, 11) is 3.88. The largest absolute Gasteiger partial charge is 0.389 e. The molecule has 20 heavy (non-hydrogen) atoms. The third kappa shape index (κ3) is 5.68. The lowest BCUT2D eigenvalue weighted by Crippen LogP contribution is -2.44. The third-order valence-corrected chi connectivity index (χ3v) is 4.43. The fourth-order valence-corrected chi connectivity index (χ4v) is 3.49. The third-order valence-electron chi connectivity index (χ3n) is 4.43. The van der Waals surface area contributed by atoms with E-state index in [9.17, 15) is 5.11 Å². The summed E-state index contributed by atoms with van der Waals surface area (Å²) < 4.78 is 5.04. The molecule has 1 aliphatic rings. The van der Waals surface area contributed by atoms with Crippen LogP contribution in [0, 0.1) is 11.8 Å².